The Kier molecular flexibility index (Phi) is 5.17. The number of amides is 1. The first-order valence-electron chi connectivity index (χ1n) is 8.47. The molecule has 1 aliphatic heterocycles. The lowest BCUT2D eigenvalue weighted by atomic mass is 9.68. The van der Waals surface area contributed by atoms with Crippen molar-refractivity contribution in [1.82, 2.24) is 15.2 Å². The molecule has 3 rings (SSSR count). The van der Waals surface area contributed by atoms with Crippen LogP contribution in [0.3, 0.4) is 0 Å². The maximum atomic E-state index is 12.2. The molecule has 2 fully saturated rings. The molecule has 2 heterocycles. The molecule has 1 aromatic rings. The van der Waals surface area contributed by atoms with E-state index in [2.05, 4.69) is 19.9 Å². The number of alkyl halides is 3. The summed E-state index contributed by atoms with van der Waals surface area (Å²) in [5.41, 5.74) is 1.10. The van der Waals surface area contributed by atoms with Crippen LogP contribution in [0.15, 0.2) is 18.3 Å². The minimum atomic E-state index is -4.40. The highest BCUT2D eigenvalue weighted by Gasteiger charge is 2.42. The van der Waals surface area contributed by atoms with Gasteiger partial charge in [-0.15, -0.1) is 0 Å². The first kappa shape index (κ1) is 18.0. The van der Waals surface area contributed by atoms with E-state index in [-0.39, 0.29) is 18.3 Å². The van der Waals surface area contributed by atoms with Gasteiger partial charge in [0, 0.05) is 25.4 Å². The van der Waals surface area contributed by atoms with Crippen LogP contribution in [0.25, 0.3) is 0 Å². The average Bonchev–Trinajstić information content (AvgIpc) is 2.95. The normalized spacial score (nSPS) is 19.6. The van der Waals surface area contributed by atoms with Crippen LogP contribution in [0.4, 0.5) is 13.2 Å². The van der Waals surface area contributed by atoms with E-state index in [4.69, 9.17) is 0 Å². The van der Waals surface area contributed by atoms with Gasteiger partial charge in [0.25, 0.3) is 0 Å². The lowest BCUT2D eigenvalue weighted by Gasteiger charge is -2.38. The number of pyridine rings is 1. The van der Waals surface area contributed by atoms with Gasteiger partial charge in [-0.05, 0) is 42.9 Å². The van der Waals surface area contributed by atoms with E-state index in [1.54, 1.807) is 6.07 Å². The molecule has 1 aliphatic carbocycles. The number of ether oxygens (including phenoxy) is 1. The monoisotopic (exact) mass is 357 g/mol. The maximum absolute atomic E-state index is 12.2. The first-order chi connectivity index (χ1) is 11.8. The molecular weight excluding hydrogens is 335 g/mol. The number of rotatable bonds is 6. The van der Waals surface area contributed by atoms with E-state index >= 15 is 0 Å². The van der Waals surface area contributed by atoms with Gasteiger partial charge in [0.15, 0.2) is 6.61 Å². The molecule has 0 radical (unpaired) electrons. The Bertz CT molecular complexity index is 617. The van der Waals surface area contributed by atoms with E-state index in [0.717, 1.165) is 13.1 Å². The Morgan fingerprint density at radius 3 is 2.80 bits per heavy atom. The Labute approximate surface area is 144 Å². The molecule has 1 aromatic heterocycles. The summed E-state index contributed by atoms with van der Waals surface area (Å²) in [6.07, 6.45) is 1.96. The van der Waals surface area contributed by atoms with Crippen molar-refractivity contribution >= 4 is 5.91 Å². The van der Waals surface area contributed by atoms with Gasteiger partial charge in [-0.25, -0.2) is 4.98 Å². The summed E-state index contributed by atoms with van der Waals surface area (Å²) in [4.78, 5) is 18.0. The lowest BCUT2D eigenvalue weighted by molar-refractivity contribution is -0.154. The number of nitrogens with one attached hydrogen (secondary N) is 1. The third-order valence-electron chi connectivity index (χ3n) is 4.97. The Balaban J connectivity index is 1.42. The second kappa shape index (κ2) is 7.19. The summed E-state index contributed by atoms with van der Waals surface area (Å²) >= 11 is 0. The van der Waals surface area contributed by atoms with Gasteiger partial charge < -0.3 is 10.1 Å². The molecule has 8 heteroatoms. The topological polar surface area (TPSA) is 54.5 Å². The van der Waals surface area contributed by atoms with Crippen molar-refractivity contribution in [2.24, 2.45) is 5.41 Å². The van der Waals surface area contributed by atoms with Crippen LogP contribution in [-0.2, 0) is 11.3 Å². The number of carbonyl (C=O) groups is 1. The molecule has 0 unspecified atom stereocenters. The SMILES string of the molecule is O=C(CN1CCC2(CCC2)C1)NCc1ccnc(OCC(F)(F)F)c1. The average molecular weight is 357 g/mol. The fourth-order valence-electron chi connectivity index (χ4n) is 3.50. The van der Waals surface area contributed by atoms with Crippen LogP contribution in [0.1, 0.15) is 31.2 Å². The molecule has 1 spiro atoms. The van der Waals surface area contributed by atoms with E-state index in [0.29, 0.717) is 17.5 Å². The predicted molar refractivity (Wildman–Crippen MR) is 85.0 cm³/mol. The van der Waals surface area contributed by atoms with E-state index in [9.17, 15) is 18.0 Å². The molecule has 138 valence electrons. The lowest BCUT2D eigenvalue weighted by Crippen LogP contribution is -2.38. The number of likely N-dealkylation sites (tertiary alicyclic amines) is 1. The van der Waals surface area contributed by atoms with Crippen LogP contribution >= 0.6 is 0 Å². The zero-order valence-electron chi connectivity index (χ0n) is 13.9. The zero-order valence-corrected chi connectivity index (χ0v) is 13.9. The molecule has 1 saturated heterocycles. The van der Waals surface area contributed by atoms with Gasteiger partial charge in [0.1, 0.15) is 0 Å². The summed E-state index contributed by atoms with van der Waals surface area (Å²) in [5.74, 6) is -0.179. The van der Waals surface area contributed by atoms with Crippen molar-refractivity contribution in [1.29, 1.82) is 0 Å². The maximum Gasteiger partial charge on any atom is 0.422 e. The van der Waals surface area contributed by atoms with Crippen LogP contribution in [0.5, 0.6) is 5.88 Å². The molecule has 0 aromatic carbocycles. The number of carbonyl (C=O) groups excluding carboxylic acids is 1. The summed E-state index contributed by atoms with van der Waals surface area (Å²) in [6, 6.07) is 3.05. The van der Waals surface area contributed by atoms with Gasteiger partial charge in [-0.1, -0.05) is 6.42 Å². The largest absolute Gasteiger partial charge is 0.468 e. The van der Waals surface area contributed by atoms with Gasteiger partial charge in [-0.2, -0.15) is 13.2 Å². The molecule has 5 nitrogen and oxygen atoms in total. The highest BCUT2D eigenvalue weighted by atomic mass is 19.4. The van der Waals surface area contributed by atoms with E-state index in [1.165, 1.54) is 37.9 Å². The van der Waals surface area contributed by atoms with E-state index < -0.39 is 12.8 Å². The predicted octanol–water partition coefficient (Wildman–Crippen LogP) is 2.51. The number of hydrogen-bond donors (Lipinski definition) is 1. The van der Waals surface area contributed by atoms with Crippen LogP contribution in [0, 0.1) is 5.41 Å². The van der Waals surface area contributed by atoms with Crippen molar-refractivity contribution in [2.75, 3.05) is 26.2 Å². The molecule has 25 heavy (non-hydrogen) atoms. The van der Waals surface area contributed by atoms with Crippen LogP contribution < -0.4 is 10.1 Å². The van der Waals surface area contributed by atoms with E-state index in [1.807, 2.05) is 0 Å². The van der Waals surface area contributed by atoms with Gasteiger partial charge in [-0.3, -0.25) is 9.69 Å². The molecule has 1 N–H and O–H groups in total. The summed E-state index contributed by atoms with van der Waals surface area (Å²) in [5, 5.41) is 2.80. The Morgan fingerprint density at radius 2 is 2.16 bits per heavy atom. The molecule has 1 saturated carbocycles. The second-order valence-corrected chi connectivity index (χ2v) is 7.00. The first-order valence-corrected chi connectivity index (χ1v) is 8.47. The minimum absolute atomic E-state index is 0.0778. The standard InChI is InChI=1S/C17H22F3N3O2/c18-17(19,20)12-25-15-8-13(2-6-21-15)9-22-14(24)10-23-7-5-16(11-23)3-1-4-16/h2,6,8H,1,3-5,7,9-12H2,(H,22,24). The second-order valence-electron chi connectivity index (χ2n) is 7.00. The van der Waals surface area contributed by atoms with Crippen LogP contribution in [-0.4, -0.2) is 48.2 Å². The highest BCUT2D eigenvalue weighted by molar-refractivity contribution is 5.78. The Morgan fingerprint density at radius 1 is 1.36 bits per heavy atom. The zero-order chi connectivity index (χ0) is 17.9. The molecule has 1 amide bonds. The number of aromatic nitrogens is 1. The highest BCUT2D eigenvalue weighted by Crippen LogP contribution is 2.47. The quantitative estimate of drug-likeness (QED) is 0.850. The third kappa shape index (κ3) is 5.07. The fraction of sp³-hybridized carbons (Fsp3) is 0.647. The van der Waals surface area contributed by atoms with Gasteiger partial charge in [0.2, 0.25) is 11.8 Å². The smallest absolute Gasteiger partial charge is 0.422 e. The fourth-order valence-corrected chi connectivity index (χ4v) is 3.50. The molecule has 2 aliphatic rings. The van der Waals surface area contributed by atoms with Crippen molar-refractivity contribution in [3.63, 3.8) is 0 Å². The number of nitrogens with zero attached hydrogens (tertiary/aromatic N) is 2. The summed E-state index contributed by atoms with van der Waals surface area (Å²) in [6.45, 7) is 1.17. The van der Waals surface area contributed by atoms with Gasteiger partial charge >= 0.3 is 6.18 Å². The Hall–Kier alpha value is -1.83. The van der Waals surface area contributed by atoms with Crippen molar-refractivity contribution in [2.45, 2.75) is 38.4 Å². The van der Waals surface area contributed by atoms with Crippen molar-refractivity contribution < 1.29 is 22.7 Å². The van der Waals surface area contributed by atoms with Crippen LogP contribution in [0.2, 0.25) is 0 Å². The molecule has 0 atom stereocenters. The minimum Gasteiger partial charge on any atom is -0.468 e. The summed E-state index contributed by atoms with van der Waals surface area (Å²) < 4.78 is 41.1. The van der Waals surface area contributed by atoms with Crippen molar-refractivity contribution in [3.05, 3.63) is 23.9 Å². The number of hydrogen-bond acceptors (Lipinski definition) is 4. The molecular formula is C17H22F3N3O2. The third-order valence-corrected chi connectivity index (χ3v) is 4.97. The van der Waals surface area contributed by atoms with Gasteiger partial charge in [0.05, 0.1) is 6.54 Å². The van der Waals surface area contributed by atoms with Crippen molar-refractivity contribution in [3.8, 4) is 5.88 Å². The molecule has 0 bridgehead atoms. The number of halogens is 3. The summed E-state index contributed by atoms with van der Waals surface area (Å²) in [7, 11) is 0.